The fraction of sp³-hybridized carbons (Fsp3) is 0. The van der Waals surface area contributed by atoms with Crippen LogP contribution < -0.4 is 5.46 Å². The van der Waals surface area contributed by atoms with Crippen molar-refractivity contribution in [3.8, 4) is 0 Å². The number of pyridine rings is 2. The first-order chi connectivity index (χ1) is 10.3. The molecule has 0 spiro atoms. The second-order valence-corrected chi connectivity index (χ2v) is 4.98. The van der Waals surface area contributed by atoms with Crippen molar-refractivity contribution in [3.05, 3.63) is 54.9 Å². The lowest BCUT2D eigenvalue weighted by molar-refractivity contribution is 0.426. The second kappa shape index (κ2) is 4.51. The fourth-order valence-corrected chi connectivity index (χ4v) is 2.80. The Morgan fingerprint density at radius 1 is 0.714 bits per heavy atom. The van der Waals surface area contributed by atoms with E-state index < -0.39 is 7.12 Å². The van der Waals surface area contributed by atoms with Gasteiger partial charge in [0.05, 0.1) is 11.0 Å². The summed E-state index contributed by atoms with van der Waals surface area (Å²) in [5, 5.41) is 22.7. The van der Waals surface area contributed by atoms with E-state index in [2.05, 4.69) is 9.97 Å². The lowest BCUT2D eigenvalue weighted by Crippen LogP contribution is -2.29. The third-order valence-corrected chi connectivity index (χ3v) is 3.76. The molecule has 5 heteroatoms. The molecule has 0 saturated heterocycles. The zero-order chi connectivity index (χ0) is 14.4. The highest BCUT2D eigenvalue weighted by atomic mass is 16.4. The first-order valence-electron chi connectivity index (χ1n) is 6.67. The standard InChI is InChI=1S/C16H11BN2O2/c20-17(21)10-5-6-11-12-3-1-7-18-15(12)16-13(14(11)9-10)4-2-8-19-16/h1-9,20-21H. The van der Waals surface area contributed by atoms with Crippen molar-refractivity contribution < 1.29 is 10.0 Å². The monoisotopic (exact) mass is 274 g/mol. The van der Waals surface area contributed by atoms with Crippen LogP contribution in [-0.2, 0) is 0 Å². The fourth-order valence-electron chi connectivity index (χ4n) is 2.80. The number of hydrogen-bond acceptors (Lipinski definition) is 4. The molecular weight excluding hydrogens is 263 g/mol. The lowest BCUT2D eigenvalue weighted by Gasteiger charge is -2.10. The average molecular weight is 274 g/mol. The van der Waals surface area contributed by atoms with Crippen molar-refractivity contribution >= 4 is 45.2 Å². The molecule has 2 N–H and O–H groups in total. The summed E-state index contributed by atoms with van der Waals surface area (Å²) in [6.07, 6.45) is 3.50. The molecule has 2 heterocycles. The number of nitrogens with zero attached hydrogens (tertiary/aromatic N) is 2. The zero-order valence-corrected chi connectivity index (χ0v) is 11.1. The molecule has 0 radical (unpaired) electrons. The van der Waals surface area contributed by atoms with E-state index in [1.54, 1.807) is 24.5 Å². The third-order valence-electron chi connectivity index (χ3n) is 3.76. The Morgan fingerprint density at radius 3 is 1.95 bits per heavy atom. The number of hydrogen-bond donors (Lipinski definition) is 2. The minimum atomic E-state index is -1.48. The van der Waals surface area contributed by atoms with Gasteiger partial charge in [0.1, 0.15) is 0 Å². The van der Waals surface area contributed by atoms with Crippen molar-refractivity contribution in [2.45, 2.75) is 0 Å². The van der Waals surface area contributed by atoms with Gasteiger partial charge in [-0.1, -0.05) is 30.3 Å². The van der Waals surface area contributed by atoms with Gasteiger partial charge in [0.2, 0.25) is 0 Å². The zero-order valence-electron chi connectivity index (χ0n) is 11.1. The van der Waals surface area contributed by atoms with Gasteiger partial charge in [-0.2, -0.15) is 0 Å². The molecule has 0 fully saturated rings. The molecule has 21 heavy (non-hydrogen) atoms. The maximum Gasteiger partial charge on any atom is 0.488 e. The van der Waals surface area contributed by atoms with Crippen molar-refractivity contribution in [1.29, 1.82) is 0 Å². The summed E-state index contributed by atoms with van der Waals surface area (Å²) >= 11 is 0. The van der Waals surface area contributed by atoms with Gasteiger partial charge >= 0.3 is 7.12 Å². The van der Waals surface area contributed by atoms with Crippen molar-refractivity contribution in [2.24, 2.45) is 0 Å². The number of fused-ring (bicyclic) bond motifs is 6. The summed E-state index contributed by atoms with van der Waals surface area (Å²) in [5.74, 6) is 0. The summed E-state index contributed by atoms with van der Waals surface area (Å²) < 4.78 is 0. The van der Waals surface area contributed by atoms with Crippen LogP contribution in [0.25, 0.3) is 32.6 Å². The van der Waals surface area contributed by atoms with Crippen LogP contribution in [0.3, 0.4) is 0 Å². The van der Waals surface area contributed by atoms with Gasteiger partial charge in [0, 0.05) is 23.2 Å². The van der Waals surface area contributed by atoms with Gasteiger partial charge in [-0.3, -0.25) is 9.97 Å². The predicted octanol–water partition coefficient (Wildman–Crippen LogP) is 1.62. The van der Waals surface area contributed by atoms with Crippen LogP contribution in [0.5, 0.6) is 0 Å². The predicted molar refractivity (Wildman–Crippen MR) is 84.4 cm³/mol. The summed E-state index contributed by atoms with van der Waals surface area (Å²) in [6.45, 7) is 0. The molecule has 0 aliphatic heterocycles. The first kappa shape index (κ1) is 12.3. The van der Waals surface area contributed by atoms with Crippen LogP contribution >= 0.6 is 0 Å². The number of rotatable bonds is 1. The van der Waals surface area contributed by atoms with E-state index in [-0.39, 0.29) is 0 Å². The summed E-state index contributed by atoms with van der Waals surface area (Å²) in [5.41, 5.74) is 2.15. The quantitative estimate of drug-likeness (QED) is 0.409. The molecule has 0 saturated carbocycles. The molecule has 0 bridgehead atoms. The topological polar surface area (TPSA) is 66.2 Å². The minimum Gasteiger partial charge on any atom is -0.423 e. The molecule has 4 rings (SSSR count). The van der Waals surface area contributed by atoms with Crippen molar-refractivity contribution in [2.75, 3.05) is 0 Å². The molecule has 0 unspecified atom stereocenters. The highest BCUT2D eigenvalue weighted by molar-refractivity contribution is 6.59. The van der Waals surface area contributed by atoms with Crippen LogP contribution in [-0.4, -0.2) is 27.1 Å². The van der Waals surface area contributed by atoms with E-state index in [4.69, 9.17) is 0 Å². The Hall–Kier alpha value is -2.50. The second-order valence-electron chi connectivity index (χ2n) is 4.98. The molecular formula is C16H11BN2O2. The largest absolute Gasteiger partial charge is 0.488 e. The normalized spacial score (nSPS) is 11.3. The van der Waals surface area contributed by atoms with Gasteiger partial charge < -0.3 is 10.0 Å². The highest BCUT2D eigenvalue weighted by Gasteiger charge is 2.14. The smallest absolute Gasteiger partial charge is 0.423 e. The summed E-state index contributed by atoms with van der Waals surface area (Å²) in [6, 6.07) is 13.2. The molecule has 2 aromatic carbocycles. The van der Waals surface area contributed by atoms with Crippen LogP contribution in [0.4, 0.5) is 0 Å². The van der Waals surface area contributed by atoms with Crippen molar-refractivity contribution in [3.63, 3.8) is 0 Å². The maximum absolute atomic E-state index is 9.40. The lowest BCUT2D eigenvalue weighted by atomic mass is 9.79. The van der Waals surface area contributed by atoms with E-state index >= 15 is 0 Å². The van der Waals surface area contributed by atoms with Crippen LogP contribution in [0.1, 0.15) is 0 Å². The van der Waals surface area contributed by atoms with Gasteiger partial charge in [-0.05, 0) is 28.4 Å². The molecule has 0 aliphatic rings. The molecule has 100 valence electrons. The average Bonchev–Trinajstić information content (AvgIpc) is 2.54. The molecule has 2 aromatic heterocycles. The Bertz CT molecular complexity index is 950. The van der Waals surface area contributed by atoms with E-state index in [0.717, 1.165) is 32.6 Å². The van der Waals surface area contributed by atoms with E-state index in [1.807, 2.05) is 30.3 Å². The Kier molecular flexibility index (Phi) is 2.64. The number of benzene rings is 2. The molecule has 0 amide bonds. The molecule has 0 aliphatic carbocycles. The molecule has 0 atom stereocenters. The summed E-state index contributed by atoms with van der Waals surface area (Å²) in [4.78, 5) is 8.90. The maximum atomic E-state index is 9.40. The van der Waals surface area contributed by atoms with E-state index in [9.17, 15) is 10.0 Å². The highest BCUT2D eigenvalue weighted by Crippen LogP contribution is 2.31. The van der Waals surface area contributed by atoms with Crippen LogP contribution in [0, 0.1) is 0 Å². The van der Waals surface area contributed by atoms with Gasteiger partial charge in [0.15, 0.2) is 0 Å². The van der Waals surface area contributed by atoms with Crippen molar-refractivity contribution in [1.82, 2.24) is 9.97 Å². The SMILES string of the molecule is OB(O)c1ccc2c(c1)c1cccnc1c1ncccc21. The van der Waals surface area contributed by atoms with Crippen LogP contribution in [0.15, 0.2) is 54.9 Å². The Balaban J connectivity index is 2.30. The van der Waals surface area contributed by atoms with Gasteiger partial charge in [0.25, 0.3) is 0 Å². The number of aromatic nitrogens is 2. The van der Waals surface area contributed by atoms with Gasteiger partial charge in [-0.15, -0.1) is 0 Å². The Morgan fingerprint density at radius 2 is 1.33 bits per heavy atom. The van der Waals surface area contributed by atoms with E-state index in [1.165, 1.54) is 0 Å². The third kappa shape index (κ3) is 1.79. The molecule has 4 nitrogen and oxygen atoms in total. The van der Waals surface area contributed by atoms with Gasteiger partial charge in [-0.25, -0.2) is 0 Å². The van der Waals surface area contributed by atoms with Crippen LogP contribution in [0.2, 0.25) is 0 Å². The molecule has 4 aromatic rings. The Labute approximate surface area is 120 Å². The minimum absolute atomic E-state index is 0.468. The van der Waals surface area contributed by atoms with E-state index in [0.29, 0.717) is 5.46 Å². The summed E-state index contributed by atoms with van der Waals surface area (Å²) in [7, 11) is -1.48. The first-order valence-corrected chi connectivity index (χ1v) is 6.67.